The molecule has 0 bridgehead atoms. The molecular weight excluding hydrogens is 344 g/mol. The number of aryl methyl sites for hydroxylation is 2. The molecule has 0 atom stereocenters. The predicted molar refractivity (Wildman–Crippen MR) is 98.3 cm³/mol. The van der Waals surface area contributed by atoms with Gasteiger partial charge in [0.15, 0.2) is 0 Å². The molecule has 0 unspecified atom stereocenters. The fourth-order valence-corrected chi connectivity index (χ4v) is 4.99. The minimum absolute atomic E-state index is 0.305. The Hall–Kier alpha value is -1.56. The van der Waals surface area contributed by atoms with E-state index < -0.39 is 10.0 Å². The molecule has 0 aromatic heterocycles. The van der Waals surface area contributed by atoms with Gasteiger partial charge in [0.2, 0.25) is 10.0 Å². The molecule has 0 radical (unpaired) electrons. The van der Waals surface area contributed by atoms with Gasteiger partial charge in [0.25, 0.3) is 0 Å². The van der Waals surface area contributed by atoms with Crippen LogP contribution in [0.2, 0.25) is 5.02 Å². The SMILES string of the molecule is Cc1ccccc1N1CCN(S(=O)(=O)c2cc(Cl)ccc2C)CC1. The van der Waals surface area contributed by atoms with E-state index in [1.165, 1.54) is 11.3 Å². The first-order valence-corrected chi connectivity index (χ1v) is 9.78. The highest BCUT2D eigenvalue weighted by Crippen LogP contribution is 2.26. The second-order valence-corrected chi connectivity index (χ2v) is 8.43. The molecule has 0 N–H and O–H groups in total. The van der Waals surface area contributed by atoms with Crippen molar-refractivity contribution < 1.29 is 8.42 Å². The molecule has 6 heteroatoms. The van der Waals surface area contributed by atoms with Crippen LogP contribution in [0.1, 0.15) is 11.1 Å². The molecule has 0 aliphatic carbocycles. The second kappa shape index (κ2) is 6.75. The third kappa shape index (κ3) is 3.29. The number of rotatable bonds is 3. The number of hydrogen-bond donors (Lipinski definition) is 0. The van der Waals surface area contributed by atoms with Crippen molar-refractivity contribution in [3.05, 3.63) is 58.6 Å². The van der Waals surface area contributed by atoms with Crippen molar-refractivity contribution in [1.82, 2.24) is 4.31 Å². The zero-order valence-electron chi connectivity index (χ0n) is 13.9. The largest absolute Gasteiger partial charge is 0.369 e. The third-order valence-electron chi connectivity index (χ3n) is 4.46. The number of benzene rings is 2. The van der Waals surface area contributed by atoms with Gasteiger partial charge in [0.05, 0.1) is 4.90 Å². The molecule has 1 heterocycles. The standard InChI is InChI=1S/C18H21ClN2O2S/c1-14-5-3-4-6-17(14)20-9-11-21(12-10-20)24(22,23)18-13-16(19)8-7-15(18)2/h3-8,13H,9-12H2,1-2H3. The quantitative estimate of drug-likeness (QED) is 0.837. The summed E-state index contributed by atoms with van der Waals surface area (Å²) in [5.41, 5.74) is 3.11. The van der Waals surface area contributed by atoms with Crippen LogP contribution in [-0.2, 0) is 10.0 Å². The lowest BCUT2D eigenvalue weighted by atomic mass is 10.1. The molecule has 3 rings (SSSR count). The molecule has 2 aromatic rings. The van der Waals surface area contributed by atoms with Crippen molar-refractivity contribution in [2.75, 3.05) is 31.1 Å². The molecule has 0 amide bonds. The highest BCUT2D eigenvalue weighted by Gasteiger charge is 2.30. The van der Waals surface area contributed by atoms with Crippen LogP contribution in [0.5, 0.6) is 0 Å². The average molecular weight is 365 g/mol. The lowest BCUT2D eigenvalue weighted by Gasteiger charge is -2.36. The molecule has 4 nitrogen and oxygen atoms in total. The molecule has 1 aliphatic heterocycles. The second-order valence-electron chi connectivity index (χ2n) is 6.09. The Kier molecular flexibility index (Phi) is 4.85. The van der Waals surface area contributed by atoms with Crippen LogP contribution >= 0.6 is 11.6 Å². The molecule has 0 spiro atoms. The highest BCUT2D eigenvalue weighted by atomic mass is 35.5. The molecule has 0 saturated carbocycles. The van der Waals surface area contributed by atoms with Crippen molar-refractivity contribution in [3.63, 3.8) is 0 Å². The van der Waals surface area contributed by atoms with E-state index in [1.54, 1.807) is 29.4 Å². The molecule has 1 aliphatic rings. The minimum Gasteiger partial charge on any atom is -0.369 e. The molecule has 1 saturated heterocycles. The molecule has 24 heavy (non-hydrogen) atoms. The summed E-state index contributed by atoms with van der Waals surface area (Å²) in [5, 5.41) is 0.442. The summed E-state index contributed by atoms with van der Waals surface area (Å²) in [5.74, 6) is 0. The van der Waals surface area contributed by atoms with Gasteiger partial charge in [-0.05, 0) is 43.2 Å². The summed E-state index contributed by atoms with van der Waals surface area (Å²) in [4.78, 5) is 2.55. The third-order valence-corrected chi connectivity index (χ3v) is 6.74. The first kappa shape index (κ1) is 17.3. The Labute approximate surface area is 148 Å². The predicted octanol–water partition coefficient (Wildman–Crippen LogP) is 3.47. The summed E-state index contributed by atoms with van der Waals surface area (Å²) in [6.45, 7) is 6.19. The summed E-state index contributed by atoms with van der Waals surface area (Å²) < 4.78 is 27.4. The van der Waals surface area contributed by atoms with Crippen molar-refractivity contribution in [2.24, 2.45) is 0 Å². The smallest absolute Gasteiger partial charge is 0.243 e. The van der Waals surface area contributed by atoms with E-state index in [1.807, 2.05) is 12.1 Å². The zero-order chi connectivity index (χ0) is 17.3. The molecule has 128 valence electrons. The Morgan fingerprint density at radius 2 is 1.58 bits per heavy atom. The molecule has 1 fully saturated rings. The van der Waals surface area contributed by atoms with Gasteiger partial charge in [-0.2, -0.15) is 4.31 Å². The summed E-state index contributed by atoms with van der Waals surface area (Å²) >= 11 is 5.99. The van der Waals surface area contributed by atoms with Gasteiger partial charge >= 0.3 is 0 Å². The Balaban J connectivity index is 1.79. The van der Waals surface area contributed by atoms with Gasteiger partial charge in [-0.1, -0.05) is 35.9 Å². The molecule has 2 aromatic carbocycles. The van der Waals surface area contributed by atoms with Crippen molar-refractivity contribution in [3.8, 4) is 0 Å². The van der Waals surface area contributed by atoms with Crippen LogP contribution in [0.25, 0.3) is 0 Å². The minimum atomic E-state index is -3.51. The number of sulfonamides is 1. The zero-order valence-corrected chi connectivity index (χ0v) is 15.4. The summed E-state index contributed by atoms with van der Waals surface area (Å²) in [6.07, 6.45) is 0. The summed E-state index contributed by atoms with van der Waals surface area (Å²) in [6, 6.07) is 13.2. The van der Waals surface area contributed by atoms with Crippen molar-refractivity contribution >= 4 is 27.3 Å². The number of halogens is 1. The first-order valence-electron chi connectivity index (χ1n) is 7.96. The summed E-state index contributed by atoms with van der Waals surface area (Å²) in [7, 11) is -3.51. The van der Waals surface area contributed by atoms with Crippen molar-refractivity contribution in [2.45, 2.75) is 18.7 Å². The monoisotopic (exact) mass is 364 g/mol. The normalized spacial score (nSPS) is 16.4. The Bertz CT molecular complexity index is 844. The van der Waals surface area contributed by atoms with Gasteiger partial charge in [0.1, 0.15) is 0 Å². The van der Waals surface area contributed by atoms with Crippen LogP contribution in [0, 0.1) is 13.8 Å². The lowest BCUT2D eigenvalue weighted by Crippen LogP contribution is -2.49. The van der Waals surface area contributed by atoms with Crippen LogP contribution in [0.4, 0.5) is 5.69 Å². The van der Waals surface area contributed by atoms with Gasteiger partial charge in [-0.25, -0.2) is 8.42 Å². The van der Waals surface area contributed by atoms with E-state index in [0.29, 0.717) is 36.1 Å². The number of nitrogens with zero attached hydrogens (tertiary/aromatic N) is 2. The number of piperazine rings is 1. The highest BCUT2D eigenvalue weighted by molar-refractivity contribution is 7.89. The van der Waals surface area contributed by atoms with E-state index in [4.69, 9.17) is 11.6 Å². The Morgan fingerprint density at radius 1 is 0.917 bits per heavy atom. The van der Waals surface area contributed by atoms with E-state index in [0.717, 1.165) is 5.56 Å². The van der Waals surface area contributed by atoms with Gasteiger partial charge in [-0.15, -0.1) is 0 Å². The van der Waals surface area contributed by atoms with Crippen LogP contribution in [-0.4, -0.2) is 38.9 Å². The van der Waals surface area contributed by atoms with E-state index in [2.05, 4.69) is 24.0 Å². The lowest BCUT2D eigenvalue weighted by molar-refractivity contribution is 0.384. The molecular formula is C18H21ClN2O2S. The van der Waals surface area contributed by atoms with E-state index in [9.17, 15) is 8.42 Å². The first-order chi connectivity index (χ1) is 11.4. The van der Waals surface area contributed by atoms with E-state index >= 15 is 0 Å². The van der Waals surface area contributed by atoms with Crippen LogP contribution in [0.3, 0.4) is 0 Å². The maximum absolute atomic E-state index is 12.9. The van der Waals surface area contributed by atoms with Gasteiger partial charge in [-0.3, -0.25) is 0 Å². The van der Waals surface area contributed by atoms with E-state index in [-0.39, 0.29) is 0 Å². The number of anilines is 1. The Morgan fingerprint density at radius 3 is 2.25 bits per heavy atom. The van der Waals surface area contributed by atoms with Crippen molar-refractivity contribution in [1.29, 1.82) is 0 Å². The van der Waals surface area contributed by atoms with Crippen LogP contribution in [0.15, 0.2) is 47.4 Å². The average Bonchev–Trinajstić information content (AvgIpc) is 2.57. The van der Waals surface area contributed by atoms with Gasteiger partial charge in [0, 0.05) is 36.9 Å². The van der Waals surface area contributed by atoms with Gasteiger partial charge < -0.3 is 4.90 Å². The fraction of sp³-hybridized carbons (Fsp3) is 0.333. The number of para-hydroxylation sites is 1. The fourth-order valence-electron chi connectivity index (χ4n) is 3.08. The maximum atomic E-state index is 12.9. The number of hydrogen-bond acceptors (Lipinski definition) is 3. The maximum Gasteiger partial charge on any atom is 0.243 e. The topological polar surface area (TPSA) is 40.6 Å². The van der Waals surface area contributed by atoms with Crippen LogP contribution < -0.4 is 4.90 Å².